The highest BCUT2D eigenvalue weighted by Crippen LogP contribution is 2.30. The van der Waals surface area contributed by atoms with Gasteiger partial charge in [0.25, 0.3) is 0 Å². The first-order valence-corrected chi connectivity index (χ1v) is 6.24. The van der Waals surface area contributed by atoms with Crippen LogP contribution in [0.1, 0.15) is 17.3 Å². The molecule has 1 aromatic heterocycles. The highest BCUT2D eigenvalue weighted by molar-refractivity contribution is 9.10. The van der Waals surface area contributed by atoms with E-state index < -0.39 is 0 Å². The third-order valence-corrected chi connectivity index (χ3v) is 3.43. The van der Waals surface area contributed by atoms with Gasteiger partial charge < -0.3 is 4.74 Å². The first-order valence-electron chi connectivity index (χ1n) is 5.45. The number of hydrazine groups is 1. The van der Waals surface area contributed by atoms with Gasteiger partial charge in [0, 0.05) is 17.7 Å². The fraction of sp³-hybridized carbons (Fsp3) is 0.250. The van der Waals surface area contributed by atoms with E-state index in [9.17, 15) is 0 Å². The van der Waals surface area contributed by atoms with Gasteiger partial charge in [-0.25, -0.2) is 5.43 Å². The van der Waals surface area contributed by atoms with Crippen LogP contribution in [0.5, 0.6) is 5.75 Å². The van der Waals surface area contributed by atoms with Crippen LogP contribution in [0.15, 0.2) is 34.9 Å². The zero-order valence-corrected chi connectivity index (χ0v) is 11.8. The van der Waals surface area contributed by atoms with E-state index in [0.717, 1.165) is 21.5 Å². The van der Waals surface area contributed by atoms with Gasteiger partial charge in [0.1, 0.15) is 5.75 Å². The smallest absolute Gasteiger partial charge is 0.119 e. The summed E-state index contributed by atoms with van der Waals surface area (Å²) in [5.74, 6) is 6.43. The molecule has 96 valence electrons. The zero-order chi connectivity index (χ0) is 13.1. The zero-order valence-electron chi connectivity index (χ0n) is 10.2. The van der Waals surface area contributed by atoms with Crippen molar-refractivity contribution in [3.63, 3.8) is 0 Å². The van der Waals surface area contributed by atoms with E-state index >= 15 is 0 Å². The molecule has 0 spiro atoms. The van der Waals surface area contributed by atoms with Gasteiger partial charge in [0.2, 0.25) is 0 Å². The number of aryl methyl sites for hydroxylation is 1. The minimum absolute atomic E-state index is 0.185. The van der Waals surface area contributed by atoms with Crippen LogP contribution in [0.3, 0.4) is 0 Å². The standard InChI is InChI=1S/C12H15BrN4O/c1-17-6-5-11(16-17)12(15-14)9-7-8(18-2)3-4-10(9)13/h3-7,12,15H,14H2,1-2H3. The lowest BCUT2D eigenvalue weighted by Gasteiger charge is -2.16. The average molecular weight is 311 g/mol. The number of halogens is 1. The molecular weight excluding hydrogens is 296 g/mol. The summed E-state index contributed by atoms with van der Waals surface area (Å²) in [6.45, 7) is 0. The second-order valence-corrected chi connectivity index (χ2v) is 4.76. The van der Waals surface area contributed by atoms with Crippen molar-refractivity contribution in [2.75, 3.05) is 7.11 Å². The summed E-state index contributed by atoms with van der Waals surface area (Å²) in [6, 6.07) is 7.50. The predicted octanol–water partition coefficient (Wildman–Crippen LogP) is 1.74. The van der Waals surface area contributed by atoms with Crippen molar-refractivity contribution in [3.05, 3.63) is 46.2 Å². The fourth-order valence-corrected chi connectivity index (χ4v) is 2.27. The molecule has 0 aliphatic rings. The Hall–Kier alpha value is -1.37. The number of hydrogen-bond acceptors (Lipinski definition) is 4. The highest BCUT2D eigenvalue weighted by atomic mass is 79.9. The van der Waals surface area contributed by atoms with E-state index in [2.05, 4.69) is 26.5 Å². The SMILES string of the molecule is COc1ccc(Br)c(C(NN)c2ccn(C)n2)c1. The maximum Gasteiger partial charge on any atom is 0.119 e. The lowest BCUT2D eigenvalue weighted by atomic mass is 10.0. The third-order valence-electron chi connectivity index (χ3n) is 2.71. The van der Waals surface area contributed by atoms with E-state index in [1.54, 1.807) is 11.8 Å². The molecular formula is C12H15BrN4O. The van der Waals surface area contributed by atoms with Gasteiger partial charge in [-0.3, -0.25) is 10.5 Å². The van der Waals surface area contributed by atoms with Crippen LogP contribution in [0.25, 0.3) is 0 Å². The number of ether oxygens (including phenoxy) is 1. The molecule has 0 saturated carbocycles. The first kappa shape index (κ1) is 13.1. The number of rotatable bonds is 4. The molecule has 0 fully saturated rings. The lowest BCUT2D eigenvalue weighted by Crippen LogP contribution is -2.29. The van der Waals surface area contributed by atoms with Gasteiger partial charge in [-0.15, -0.1) is 0 Å². The number of nitrogens with one attached hydrogen (secondary N) is 1. The predicted molar refractivity (Wildman–Crippen MR) is 73.1 cm³/mol. The summed E-state index contributed by atoms with van der Waals surface area (Å²) in [7, 11) is 3.51. The lowest BCUT2D eigenvalue weighted by molar-refractivity contribution is 0.413. The number of nitrogens with zero attached hydrogens (tertiary/aromatic N) is 2. The molecule has 1 unspecified atom stereocenters. The fourth-order valence-electron chi connectivity index (χ4n) is 1.79. The largest absolute Gasteiger partial charge is 0.497 e. The van der Waals surface area contributed by atoms with Crippen molar-refractivity contribution in [2.45, 2.75) is 6.04 Å². The van der Waals surface area contributed by atoms with E-state index in [-0.39, 0.29) is 6.04 Å². The second-order valence-electron chi connectivity index (χ2n) is 3.90. The van der Waals surface area contributed by atoms with Crippen LogP contribution in [-0.2, 0) is 7.05 Å². The molecule has 0 radical (unpaired) electrons. The Morgan fingerprint density at radius 2 is 2.22 bits per heavy atom. The molecule has 6 heteroatoms. The summed E-state index contributed by atoms with van der Waals surface area (Å²) in [5.41, 5.74) is 4.62. The normalized spacial score (nSPS) is 12.4. The van der Waals surface area contributed by atoms with Crippen molar-refractivity contribution >= 4 is 15.9 Å². The molecule has 2 aromatic rings. The van der Waals surface area contributed by atoms with Crippen LogP contribution in [0.2, 0.25) is 0 Å². The molecule has 1 aromatic carbocycles. The summed E-state index contributed by atoms with van der Waals surface area (Å²) in [5, 5.41) is 4.37. The molecule has 5 nitrogen and oxygen atoms in total. The average Bonchev–Trinajstić information content (AvgIpc) is 2.79. The van der Waals surface area contributed by atoms with Crippen molar-refractivity contribution in [1.29, 1.82) is 0 Å². The van der Waals surface area contributed by atoms with E-state index in [1.165, 1.54) is 0 Å². The third kappa shape index (κ3) is 2.55. The van der Waals surface area contributed by atoms with Gasteiger partial charge in [-0.2, -0.15) is 5.10 Å². The quantitative estimate of drug-likeness (QED) is 0.667. The Labute approximate surface area is 114 Å². The van der Waals surface area contributed by atoms with Crippen LogP contribution in [0, 0.1) is 0 Å². The van der Waals surface area contributed by atoms with Gasteiger partial charge in [0.05, 0.1) is 18.8 Å². The molecule has 0 aliphatic heterocycles. The first-order chi connectivity index (χ1) is 8.65. The van der Waals surface area contributed by atoms with Crippen molar-refractivity contribution < 1.29 is 4.74 Å². The second kappa shape index (κ2) is 5.51. The Morgan fingerprint density at radius 3 is 2.78 bits per heavy atom. The molecule has 18 heavy (non-hydrogen) atoms. The molecule has 0 saturated heterocycles. The number of nitrogens with two attached hydrogens (primary N) is 1. The Morgan fingerprint density at radius 1 is 1.44 bits per heavy atom. The molecule has 2 rings (SSSR count). The van der Waals surface area contributed by atoms with Gasteiger partial charge in [0.15, 0.2) is 0 Å². The monoisotopic (exact) mass is 310 g/mol. The van der Waals surface area contributed by atoms with Gasteiger partial charge >= 0.3 is 0 Å². The number of methoxy groups -OCH3 is 1. The number of aromatic nitrogens is 2. The van der Waals surface area contributed by atoms with E-state index in [1.807, 2.05) is 37.5 Å². The maximum atomic E-state index is 5.65. The van der Waals surface area contributed by atoms with Crippen molar-refractivity contribution in [2.24, 2.45) is 12.9 Å². The molecule has 0 amide bonds. The minimum atomic E-state index is -0.185. The van der Waals surface area contributed by atoms with Crippen LogP contribution in [-0.4, -0.2) is 16.9 Å². The Kier molecular flexibility index (Phi) is 4.00. The topological polar surface area (TPSA) is 65.1 Å². The molecule has 1 atom stereocenters. The maximum absolute atomic E-state index is 5.65. The van der Waals surface area contributed by atoms with Gasteiger partial charge in [-0.1, -0.05) is 15.9 Å². The van der Waals surface area contributed by atoms with Crippen LogP contribution >= 0.6 is 15.9 Å². The van der Waals surface area contributed by atoms with Crippen molar-refractivity contribution in [1.82, 2.24) is 15.2 Å². The van der Waals surface area contributed by atoms with Crippen molar-refractivity contribution in [3.8, 4) is 5.75 Å². The van der Waals surface area contributed by atoms with Crippen LogP contribution < -0.4 is 16.0 Å². The molecule has 1 heterocycles. The van der Waals surface area contributed by atoms with E-state index in [4.69, 9.17) is 10.6 Å². The van der Waals surface area contributed by atoms with Gasteiger partial charge in [-0.05, 0) is 29.8 Å². The minimum Gasteiger partial charge on any atom is -0.497 e. The van der Waals surface area contributed by atoms with E-state index in [0.29, 0.717) is 0 Å². The van der Waals surface area contributed by atoms with Crippen LogP contribution in [0.4, 0.5) is 0 Å². The Bertz CT molecular complexity index is 541. The molecule has 3 N–H and O–H groups in total. The number of benzene rings is 1. The highest BCUT2D eigenvalue weighted by Gasteiger charge is 2.18. The Balaban J connectivity index is 2.44. The molecule has 0 bridgehead atoms. The molecule has 0 aliphatic carbocycles. The summed E-state index contributed by atoms with van der Waals surface area (Å²) < 4.78 is 7.93. The summed E-state index contributed by atoms with van der Waals surface area (Å²) >= 11 is 3.52. The number of hydrogen-bond donors (Lipinski definition) is 2. The summed E-state index contributed by atoms with van der Waals surface area (Å²) in [4.78, 5) is 0. The summed E-state index contributed by atoms with van der Waals surface area (Å²) in [6.07, 6.45) is 1.88.